The molecule has 11 nitrogen and oxygen atoms in total. The van der Waals surface area contributed by atoms with Crippen LogP contribution in [0.4, 0.5) is 5.82 Å². The number of nitrogens with zero attached hydrogens (tertiary/aromatic N) is 4. The van der Waals surface area contributed by atoms with E-state index in [0.717, 1.165) is 0 Å². The van der Waals surface area contributed by atoms with Crippen molar-refractivity contribution < 1.29 is 28.9 Å². The lowest BCUT2D eigenvalue weighted by Gasteiger charge is -2.16. The lowest BCUT2D eigenvalue weighted by atomic mass is 10.1. The summed E-state index contributed by atoms with van der Waals surface area (Å²) < 4.78 is 21.9. The van der Waals surface area contributed by atoms with Crippen LogP contribution >= 0.6 is 19.9 Å². The Morgan fingerprint density at radius 3 is 2.87 bits per heavy atom. The van der Waals surface area contributed by atoms with Crippen molar-refractivity contribution in [2.24, 2.45) is 0 Å². The van der Waals surface area contributed by atoms with Gasteiger partial charge in [0, 0.05) is 4.57 Å². The number of fused-ring (bicyclic) bond motifs is 1. The van der Waals surface area contributed by atoms with Crippen LogP contribution < -0.4 is 5.73 Å². The predicted octanol–water partition coefficient (Wildman–Crippen LogP) is -0.653. The lowest BCUT2D eigenvalue weighted by molar-refractivity contribution is -0.0476. The van der Waals surface area contributed by atoms with Crippen LogP contribution in [0.2, 0.25) is 5.28 Å². The molecule has 0 amide bonds. The van der Waals surface area contributed by atoms with Crippen molar-refractivity contribution in [3.05, 3.63) is 11.6 Å². The first-order valence-electron chi connectivity index (χ1n) is 6.34. The molecule has 0 aromatic carbocycles. The molecule has 1 saturated heterocycles. The molecule has 0 bridgehead atoms. The lowest BCUT2D eigenvalue weighted by Crippen LogP contribution is -2.33. The minimum absolute atomic E-state index is 0.0592. The van der Waals surface area contributed by atoms with Crippen LogP contribution in [0.15, 0.2) is 6.33 Å². The molecule has 0 aliphatic carbocycles. The summed E-state index contributed by atoms with van der Waals surface area (Å²) in [6.45, 7) is -0.370. The third-order valence-electron chi connectivity index (χ3n) is 3.38. The second-order valence-electron chi connectivity index (χ2n) is 4.78. The normalized spacial score (nSPS) is 28.4. The van der Waals surface area contributed by atoms with Crippen molar-refractivity contribution in [3.63, 3.8) is 0 Å². The number of rotatable bonds is 4. The van der Waals surface area contributed by atoms with Gasteiger partial charge in [0.05, 0.1) is 6.33 Å². The first-order valence-corrected chi connectivity index (χ1v) is 7.85. The number of hydrogen-bond acceptors (Lipinski definition) is 9. The molecule has 1 fully saturated rings. The minimum Gasteiger partial charge on any atom is -0.387 e. The van der Waals surface area contributed by atoms with Crippen LogP contribution in [0, 0.1) is 0 Å². The molecular formula is C10H12ClN5O6P+. The maximum Gasteiger partial charge on any atom is 0.694 e. The smallest absolute Gasteiger partial charge is 0.387 e. The number of aromatic nitrogens is 4. The zero-order chi connectivity index (χ0) is 16.7. The van der Waals surface area contributed by atoms with Crippen molar-refractivity contribution in [1.82, 2.24) is 19.5 Å². The van der Waals surface area contributed by atoms with E-state index in [1.165, 1.54) is 10.9 Å². The number of nitrogens with two attached hydrogens (primary N) is 1. The molecule has 5 N–H and O–H groups in total. The molecule has 2 aromatic rings. The quantitative estimate of drug-likeness (QED) is 0.404. The Bertz CT molecular complexity index is 759. The summed E-state index contributed by atoms with van der Waals surface area (Å²) in [6, 6.07) is 0. The van der Waals surface area contributed by atoms with Gasteiger partial charge >= 0.3 is 8.25 Å². The van der Waals surface area contributed by atoms with Crippen LogP contribution in [0.25, 0.3) is 11.2 Å². The topological polar surface area (TPSA) is 166 Å². The number of imidazole rings is 1. The maximum atomic E-state index is 10.6. The van der Waals surface area contributed by atoms with Crippen LogP contribution in [0.5, 0.6) is 0 Å². The minimum atomic E-state index is -2.84. The first-order chi connectivity index (χ1) is 10.9. The van der Waals surface area contributed by atoms with Gasteiger partial charge in [-0.05, 0) is 11.6 Å². The maximum absolute atomic E-state index is 10.6. The molecule has 3 rings (SSSR count). The Kier molecular flexibility index (Phi) is 4.43. The molecule has 23 heavy (non-hydrogen) atoms. The number of ether oxygens (including phenoxy) is 1. The van der Waals surface area contributed by atoms with Crippen LogP contribution in [0.3, 0.4) is 0 Å². The summed E-state index contributed by atoms with van der Waals surface area (Å²) >= 11 is 5.76. The van der Waals surface area contributed by atoms with Gasteiger partial charge in [-0.1, -0.05) is 0 Å². The molecule has 0 radical (unpaired) electrons. The van der Waals surface area contributed by atoms with E-state index < -0.39 is 32.8 Å². The Hall–Kier alpha value is -1.46. The fourth-order valence-corrected chi connectivity index (χ4v) is 2.78. The van der Waals surface area contributed by atoms with Crippen molar-refractivity contribution in [2.75, 3.05) is 12.3 Å². The van der Waals surface area contributed by atoms with E-state index in [4.69, 9.17) is 27.0 Å². The summed E-state index contributed by atoms with van der Waals surface area (Å²) in [5.41, 5.74) is 6.17. The molecular weight excluding hydrogens is 353 g/mol. The fraction of sp³-hybridized carbons (Fsp3) is 0.500. The Labute approximate surface area is 134 Å². The predicted molar refractivity (Wildman–Crippen MR) is 76.4 cm³/mol. The zero-order valence-electron chi connectivity index (χ0n) is 11.4. The second-order valence-corrected chi connectivity index (χ2v) is 5.85. The van der Waals surface area contributed by atoms with Gasteiger partial charge in [0.1, 0.15) is 30.4 Å². The third kappa shape index (κ3) is 3.00. The standard InChI is InChI=1S/C10H11ClN5O6P/c11-10-14-7(12)4-8(15-10)16(2-13-4)9-6(18)5(17)3(22-9)1-21-23(19)20/h2-3,5-6,9,17-18H,1H2,(H2-,12,14,15,19,20)/p+1/t3-,5-,6-,9-/m1/s1. The van der Waals surface area contributed by atoms with Gasteiger partial charge in [0.25, 0.3) is 0 Å². The van der Waals surface area contributed by atoms with Crippen molar-refractivity contribution in [3.8, 4) is 0 Å². The van der Waals surface area contributed by atoms with Crippen LogP contribution in [-0.4, -0.2) is 59.5 Å². The highest BCUT2D eigenvalue weighted by atomic mass is 35.5. The number of nitrogen functional groups attached to an aromatic ring is 1. The van der Waals surface area contributed by atoms with E-state index in [2.05, 4.69) is 19.5 Å². The van der Waals surface area contributed by atoms with Crippen molar-refractivity contribution >= 4 is 36.8 Å². The highest BCUT2D eigenvalue weighted by Gasteiger charge is 2.45. The number of hydrogen-bond donors (Lipinski definition) is 4. The molecule has 5 atom stereocenters. The second kappa shape index (κ2) is 6.21. The highest BCUT2D eigenvalue weighted by molar-refractivity contribution is 7.32. The number of anilines is 1. The molecule has 1 unspecified atom stereocenters. The largest absolute Gasteiger partial charge is 0.694 e. The van der Waals surface area contributed by atoms with Crippen LogP contribution in [-0.2, 0) is 13.8 Å². The molecule has 1 aliphatic rings. The fourth-order valence-electron chi connectivity index (χ4n) is 2.33. The molecule has 0 saturated carbocycles. The summed E-state index contributed by atoms with van der Waals surface area (Å²) in [4.78, 5) is 20.4. The summed E-state index contributed by atoms with van der Waals surface area (Å²) in [7, 11) is -2.84. The molecule has 1 aliphatic heterocycles. The Balaban J connectivity index is 1.91. The van der Waals surface area contributed by atoms with Crippen molar-refractivity contribution in [2.45, 2.75) is 24.5 Å². The molecule has 2 aromatic heterocycles. The van der Waals surface area contributed by atoms with Gasteiger partial charge in [-0.25, -0.2) is 4.98 Å². The van der Waals surface area contributed by atoms with Gasteiger partial charge in [-0.2, -0.15) is 9.97 Å². The average molecular weight is 365 g/mol. The molecule has 124 valence electrons. The van der Waals surface area contributed by atoms with Gasteiger partial charge in [0.15, 0.2) is 17.7 Å². The number of aliphatic hydroxyl groups is 2. The van der Waals surface area contributed by atoms with Gasteiger partial charge < -0.3 is 20.7 Å². The molecule has 3 heterocycles. The number of aliphatic hydroxyl groups excluding tert-OH is 2. The Morgan fingerprint density at radius 1 is 1.43 bits per heavy atom. The summed E-state index contributed by atoms with van der Waals surface area (Å²) in [5.74, 6) is 0.0592. The monoisotopic (exact) mass is 364 g/mol. The molecule has 0 spiro atoms. The summed E-state index contributed by atoms with van der Waals surface area (Å²) in [5, 5.41) is 20.0. The average Bonchev–Trinajstić information content (AvgIpc) is 3.00. The first kappa shape index (κ1) is 16.4. The van der Waals surface area contributed by atoms with E-state index in [1.807, 2.05) is 0 Å². The van der Waals surface area contributed by atoms with E-state index >= 15 is 0 Å². The number of halogens is 1. The van der Waals surface area contributed by atoms with E-state index in [0.29, 0.717) is 0 Å². The van der Waals surface area contributed by atoms with Crippen molar-refractivity contribution in [1.29, 1.82) is 0 Å². The summed E-state index contributed by atoms with van der Waals surface area (Å²) in [6.07, 6.45) is -3.42. The van der Waals surface area contributed by atoms with Gasteiger partial charge in [-0.3, -0.25) is 4.57 Å². The van der Waals surface area contributed by atoms with E-state index in [1.54, 1.807) is 0 Å². The Morgan fingerprint density at radius 2 is 2.17 bits per heavy atom. The van der Waals surface area contributed by atoms with Crippen LogP contribution in [0.1, 0.15) is 6.23 Å². The third-order valence-corrected chi connectivity index (χ3v) is 3.92. The van der Waals surface area contributed by atoms with E-state index in [9.17, 15) is 14.8 Å². The highest BCUT2D eigenvalue weighted by Crippen LogP contribution is 2.33. The molecule has 13 heteroatoms. The zero-order valence-corrected chi connectivity index (χ0v) is 13.0. The van der Waals surface area contributed by atoms with Gasteiger partial charge in [-0.15, -0.1) is 9.42 Å². The van der Waals surface area contributed by atoms with E-state index in [-0.39, 0.29) is 28.9 Å². The van der Waals surface area contributed by atoms with Gasteiger partial charge in [0.2, 0.25) is 5.28 Å². The SMILES string of the molecule is Nc1nc(Cl)nc2c1ncn2[C@@H]1O[C@H](CO[P+](=O)O)[C@@H](O)[C@H]1O.